The summed E-state index contributed by atoms with van der Waals surface area (Å²) in [6.07, 6.45) is 1.61. The first-order valence-corrected chi connectivity index (χ1v) is 8.39. The van der Waals surface area contributed by atoms with Crippen LogP contribution in [0.1, 0.15) is 19.8 Å². The van der Waals surface area contributed by atoms with Crippen molar-refractivity contribution in [1.82, 2.24) is 10.2 Å². The molecular weight excluding hydrogens is 433 g/mol. The predicted molar refractivity (Wildman–Crippen MR) is 110 cm³/mol. The summed E-state index contributed by atoms with van der Waals surface area (Å²) in [5, 5.41) is 3.35. The number of hydrogen-bond acceptors (Lipinski definition) is 4. The van der Waals surface area contributed by atoms with Crippen LogP contribution in [0.3, 0.4) is 0 Å². The van der Waals surface area contributed by atoms with E-state index >= 15 is 0 Å². The van der Waals surface area contributed by atoms with Crippen LogP contribution in [-0.4, -0.2) is 56.7 Å². The zero-order chi connectivity index (χ0) is 17.4. The molecule has 6 nitrogen and oxygen atoms in total. The molecule has 1 N–H and O–H groups in total. The molecule has 1 heterocycles. The minimum absolute atomic E-state index is 0. The maximum absolute atomic E-state index is 11.6. The smallest absolute Gasteiger partial charge is 0.308 e. The Balaban J connectivity index is 0.00000312. The third kappa shape index (κ3) is 6.72. The Bertz CT molecular complexity index is 546. The van der Waals surface area contributed by atoms with Gasteiger partial charge in [-0.2, -0.15) is 0 Å². The van der Waals surface area contributed by atoms with Gasteiger partial charge in [0.1, 0.15) is 11.9 Å². The molecule has 0 aromatic heterocycles. The lowest BCUT2D eigenvalue weighted by Crippen LogP contribution is -2.48. The van der Waals surface area contributed by atoms with Gasteiger partial charge in [-0.3, -0.25) is 9.79 Å². The van der Waals surface area contributed by atoms with Crippen LogP contribution in [0.5, 0.6) is 5.75 Å². The number of para-hydroxylation sites is 1. The maximum Gasteiger partial charge on any atom is 0.308 e. The van der Waals surface area contributed by atoms with Crippen molar-refractivity contribution in [3.05, 3.63) is 30.3 Å². The van der Waals surface area contributed by atoms with Gasteiger partial charge in [0.25, 0.3) is 0 Å². The number of guanidine groups is 1. The number of carbonyl (C=O) groups is 1. The molecule has 1 unspecified atom stereocenters. The topological polar surface area (TPSA) is 63.2 Å². The van der Waals surface area contributed by atoms with Gasteiger partial charge < -0.3 is 19.7 Å². The number of hydrogen-bond donors (Lipinski definition) is 1. The van der Waals surface area contributed by atoms with Crippen molar-refractivity contribution in [1.29, 1.82) is 0 Å². The summed E-state index contributed by atoms with van der Waals surface area (Å²) in [5.41, 5.74) is 0. The second-order valence-corrected chi connectivity index (χ2v) is 5.95. The van der Waals surface area contributed by atoms with E-state index in [1.807, 2.05) is 37.3 Å². The second kappa shape index (κ2) is 11.2. The van der Waals surface area contributed by atoms with Crippen molar-refractivity contribution >= 4 is 35.9 Å². The molecule has 7 heteroatoms. The SMILES string of the molecule is CN=C(NCC(C)Oc1ccccc1)N1CCC(C(=O)OC)CC1.I. The molecule has 0 saturated carbocycles. The third-order valence-electron chi connectivity index (χ3n) is 4.17. The number of likely N-dealkylation sites (tertiary alicyclic amines) is 1. The van der Waals surface area contributed by atoms with Crippen molar-refractivity contribution in [3.63, 3.8) is 0 Å². The Kier molecular flexibility index (Phi) is 9.62. The van der Waals surface area contributed by atoms with Crippen molar-refractivity contribution < 1.29 is 14.3 Å². The summed E-state index contributed by atoms with van der Waals surface area (Å²) in [7, 11) is 3.22. The van der Waals surface area contributed by atoms with Crippen molar-refractivity contribution in [2.75, 3.05) is 33.8 Å². The molecule has 25 heavy (non-hydrogen) atoms. The van der Waals surface area contributed by atoms with E-state index in [-0.39, 0.29) is 42.0 Å². The lowest BCUT2D eigenvalue weighted by molar-refractivity contribution is -0.146. The molecular formula is C18H28IN3O3. The molecule has 1 aliphatic heterocycles. The number of piperidine rings is 1. The molecule has 1 aliphatic rings. The average Bonchev–Trinajstić information content (AvgIpc) is 2.63. The highest BCUT2D eigenvalue weighted by Gasteiger charge is 2.27. The average molecular weight is 461 g/mol. The first kappa shape index (κ1) is 21.5. The third-order valence-corrected chi connectivity index (χ3v) is 4.17. The molecule has 1 saturated heterocycles. The Morgan fingerprint density at radius 2 is 1.96 bits per heavy atom. The molecule has 140 valence electrons. The molecule has 0 radical (unpaired) electrons. The fraction of sp³-hybridized carbons (Fsp3) is 0.556. The van der Waals surface area contributed by atoms with Crippen LogP contribution >= 0.6 is 24.0 Å². The molecule has 0 amide bonds. The number of benzene rings is 1. The largest absolute Gasteiger partial charge is 0.489 e. The minimum Gasteiger partial charge on any atom is -0.489 e. The minimum atomic E-state index is -0.109. The van der Waals surface area contributed by atoms with Gasteiger partial charge in [0.05, 0.1) is 19.6 Å². The lowest BCUT2D eigenvalue weighted by atomic mass is 9.97. The van der Waals surface area contributed by atoms with E-state index in [1.165, 1.54) is 7.11 Å². The quantitative estimate of drug-likeness (QED) is 0.316. The van der Waals surface area contributed by atoms with Gasteiger partial charge >= 0.3 is 5.97 Å². The van der Waals surface area contributed by atoms with Gasteiger partial charge in [-0.05, 0) is 31.9 Å². The molecule has 1 aromatic rings. The lowest BCUT2D eigenvalue weighted by Gasteiger charge is -2.33. The summed E-state index contributed by atoms with van der Waals surface area (Å²) in [6, 6.07) is 9.78. The first-order chi connectivity index (χ1) is 11.6. The van der Waals surface area contributed by atoms with Crippen LogP contribution in [0.15, 0.2) is 35.3 Å². The monoisotopic (exact) mass is 461 g/mol. The van der Waals surface area contributed by atoms with Crippen LogP contribution in [0.2, 0.25) is 0 Å². The van der Waals surface area contributed by atoms with Crippen LogP contribution in [0, 0.1) is 5.92 Å². The molecule has 0 aliphatic carbocycles. The molecule has 1 atom stereocenters. The van der Waals surface area contributed by atoms with E-state index in [2.05, 4.69) is 15.2 Å². The van der Waals surface area contributed by atoms with Gasteiger partial charge in [0, 0.05) is 20.1 Å². The Labute approximate surface area is 167 Å². The van der Waals surface area contributed by atoms with Gasteiger partial charge in [-0.15, -0.1) is 24.0 Å². The van der Waals surface area contributed by atoms with E-state index in [0.717, 1.165) is 37.6 Å². The summed E-state index contributed by atoms with van der Waals surface area (Å²) in [6.45, 7) is 4.29. The number of esters is 1. The Morgan fingerprint density at radius 1 is 1.32 bits per heavy atom. The first-order valence-electron chi connectivity index (χ1n) is 8.39. The number of rotatable bonds is 5. The van der Waals surface area contributed by atoms with Crippen LogP contribution in [0.4, 0.5) is 0 Å². The standard InChI is InChI=1S/C18H27N3O3.HI/c1-14(24-16-7-5-4-6-8-16)13-20-18(19-2)21-11-9-15(10-12-21)17(22)23-3;/h4-8,14-15H,9-13H2,1-3H3,(H,19,20);1H. The van der Waals surface area contributed by atoms with Crippen molar-refractivity contribution in [2.45, 2.75) is 25.9 Å². The molecule has 0 bridgehead atoms. The summed E-state index contributed by atoms with van der Waals surface area (Å²) in [5.74, 6) is 1.61. The Morgan fingerprint density at radius 3 is 2.52 bits per heavy atom. The number of aliphatic imine (C=N–C) groups is 1. The van der Waals surface area contributed by atoms with Crippen LogP contribution < -0.4 is 10.1 Å². The highest BCUT2D eigenvalue weighted by atomic mass is 127. The zero-order valence-electron chi connectivity index (χ0n) is 15.1. The van der Waals surface area contributed by atoms with Crippen molar-refractivity contribution in [3.8, 4) is 5.75 Å². The van der Waals surface area contributed by atoms with Gasteiger partial charge in [0.15, 0.2) is 5.96 Å². The number of methoxy groups -OCH3 is 1. The molecule has 1 fully saturated rings. The molecule has 2 rings (SSSR count). The van der Waals surface area contributed by atoms with Crippen LogP contribution in [-0.2, 0) is 9.53 Å². The number of ether oxygens (including phenoxy) is 2. The van der Waals surface area contributed by atoms with E-state index in [0.29, 0.717) is 6.54 Å². The van der Waals surface area contributed by atoms with Crippen LogP contribution in [0.25, 0.3) is 0 Å². The fourth-order valence-electron chi connectivity index (χ4n) is 2.83. The van der Waals surface area contributed by atoms with E-state index in [1.54, 1.807) is 7.05 Å². The Hall–Kier alpha value is -1.51. The molecule has 0 spiro atoms. The van der Waals surface area contributed by atoms with Gasteiger partial charge in [-0.25, -0.2) is 0 Å². The molecule has 1 aromatic carbocycles. The maximum atomic E-state index is 11.6. The normalized spacial score (nSPS) is 16.6. The number of halogens is 1. The van der Waals surface area contributed by atoms with E-state index in [4.69, 9.17) is 9.47 Å². The number of nitrogens with zero attached hydrogens (tertiary/aromatic N) is 2. The summed E-state index contributed by atoms with van der Waals surface area (Å²) in [4.78, 5) is 18.1. The predicted octanol–water partition coefficient (Wildman–Crippen LogP) is 2.53. The number of nitrogens with one attached hydrogen (secondary N) is 1. The van der Waals surface area contributed by atoms with E-state index in [9.17, 15) is 4.79 Å². The fourth-order valence-corrected chi connectivity index (χ4v) is 2.83. The second-order valence-electron chi connectivity index (χ2n) is 5.95. The van der Waals surface area contributed by atoms with E-state index < -0.39 is 0 Å². The highest BCUT2D eigenvalue weighted by Crippen LogP contribution is 2.18. The van der Waals surface area contributed by atoms with Crippen molar-refractivity contribution in [2.24, 2.45) is 10.9 Å². The highest BCUT2D eigenvalue weighted by molar-refractivity contribution is 14.0. The number of carbonyl (C=O) groups excluding carboxylic acids is 1. The van der Waals surface area contributed by atoms with Gasteiger partial charge in [0.2, 0.25) is 0 Å². The zero-order valence-corrected chi connectivity index (χ0v) is 17.4. The van der Waals surface area contributed by atoms with Gasteiger partial charge in [-0.1, -0.05) is 18.2 Å². The summed E-state index contributed by atoms with van der Waals surface area (Å²) >= 11 is 0. The summed E-state index contributed by atoms with van der Waals surface area (Å²) < 4.78 is 10.7.